The first kappa shape index (κ1) is 14.9. The first-order valence-corrected chi connectivity index (χ1v) is 7.69. The van der Waals surface area contributed by atoms with Crippen LogP contribution in [-0.4, -0.2) is 36.2 Å². The lowest BCUT2D eigenvalue weighted by atomic mass is 10.2. The molecular weight excluding hydrogens is 280 g/mol. The highest BCUT2D eigenvalue weighted by Gasteiger charge is 2.26. The van der Waals surface area contributed by atoms with Gasteiger partial charge in [-0.15, -0.1) is 10.2 Å². The fourth-order valence-electron chi connectivity index (χ4n) is 2.93. The van der Waals surface area contributed by atoms with E-state index < -0.39 is 0 Å². The number of nitrogens with zero attached hydrogens (tertiary/aromatic N) is 5. The monoisotopic (exact) mass is 302 g/mol. The van der Waals surface area contributed by atoms with Crippen LogP contribution in [0.1, 0.15) is 55.9 Å². The van der Waals surface area contributed by atoms with Crippen molar-refractivity contribution < 1.29 is 0 Å². The number of nitrogens with one attached hydrogen (secondary N) is 1. The van der Waals surface area contributed by atoms with E-state index >= 15 is 0 Å². The molecule has 0 saturated carbocycles. The van der Waals surface area contributed by atoms with Crippen molar-refractivity contribution in [1.82, 2.24) is 29.6 Å². The molecule has 0 bridgehead atoms. The zero-order chi connectivity index (χ0) is 15.9. The molecule has 0 amide bonds. The molecule has 3 heterocycles. The quantitative estimate of drug-likeness (QED) is 0.926. The summed E-state index contributed by atoms with van der Waals surface area (Å²) in [5, 5.41) is 8.62. The summed E-state index contributed by atoms with van der Waals surface area (Å²) in [6, 6.07) is 1.55. The van der Waals surface area contributed by atoms with E-state index in [2.05, 4.69) is 50.4 Å². The number of fused-ring (bicyclic) bond motifs is 1. The van der Waals surface area contributed by atoms with Crippen molar-refractivity contribution in [3.05, 3.63) is 39.6 Å². The van der Waals surface area contributed by atoms with Gasteiger partial charge in [0.05, 0.1) is 12.6 Å². The van der Waals surface area contributed by atoms with Crippen molar-refractivity contribution in [3.8, 4) is 0 Å². The molecule has 118 valence electrons. The molecule has 3 rings (SSSR count). The zero-order valence-corrected chi connectivity index (χ0v) is 13.5. The van der Waals surface area contributed by atoms with Gasteiger partial charge in [-0.2, -0.15) is 0 Å². The highest BCUT2D eigenvalue weighted by atomic mass is 16.1. The maximum atomic E-state index is 11.6. The summed E-state index contributed by atoms with van der Waals surface area (Å²) in [7, 11) is 0. The molecule has 2 aromatic rings. The number of aromatic nitrogens is 5. The van der Waals surface area contributed by atoms with E-state index in [4.69, 9.17) is 0 Å². The fourth-order valence-corrected chi connectivity index (χ4v) is 2.93. The predicted octanol–water partition coefficient (Wildman–Crippen LogP) is 1.37. The van der Waals surface area contributed by atoms with E-state index in [1.54, 1.807) is 0 Å². The van der Waals surface area contributed by atoms with Gasteiger partial charge in [0, 0.05) is 30.8 Å². The summed E-state index contributed by atoms with van der Waals surface area (Å²) in [4.78, 5) is 21.2. The average molecular weight is 302 g/mol. The second kappa shape index (κ2) is 5.64. The second-order valence-electron chi connectivity index (χ2n) is 6.20. The Balaban J connectivity index is 1.83. The van der Waals surface area contributed by atoms with E-state index in [0.717, 1.165) is 37.0 Å². The minimum Gasteiger partial charge on any atom is -0.312 e. The molecule has 0 spiro atoms. The van der Waals surface area contributed by atoms with Gasteiger partial charge in [0.2, 0.25) is 0 Å². The summed E-state index contributed by atoms with van der Waals surface area (Å²) in [6.45, 7) is 10.7. The van der Waals surface area contributed by atoms with Gasteiger partial charge in [-0.1, -0.05) is 13.8 Å². The summed E-state index contributed by atoms with van der Waals surface area (Å²) in [5.74, 6) is 3.11. The van der Waals surface area contributed by atoms with Crippen LogP contribution < -0.4 is 5.56 Å². The summed E-state index contributed by atoms with van der Waals surface area (Å²) in [5.41, 5.74) is 0.643. The van der Waals surface area contributed by atoms with Crippen LogP contribution in [0.4, 0.5) is 0 Å². The van der Waals surface area contributed by atoms with Crippen LogP contribution in [0.25, 0.3) is 0 Å². The normalized spacial score (nSPS) is 16.8. The Hall–Kier alpha value is -2.02. The van der Waals surface area contributed by atoms with Crippen LogP contribution in [0.5, 0.6) is 0 Å². The third-order valence-corrected chi connectivity index (χ3v) is 4.16. The van der Waals surface area contributed by atoms with E-state index in [1.807, 2.05) is 6.92 Å². The molecule has 0 aliphatic carbocycles. The Kier molecular flexibility index (Phi) is 3.82. The van der Waals surface area contributed by atoms with Gasteiger partial charge < -0.3 is 9.55 Å². The summed E-state index contributed by atoms with van der Waals surface area (Å²) < 4.78 is 2.21. The molecular formula is C15H22N6O. The third-order valence-electron chi connectivity index (χ3n) is 4.16. The van der Waals surface area contributed by atoms with Crippen molar-refractivity contribution >= 4 is 0 Å². The lowest BCUT2D eigenvalue weighted by Gasteiger charge is -2.32. The number of hydrogen-bond donors (Lipinski definition) is 1. The Bertz CT molecular complexity index is 732. The van der Waals surface area contributed by atoms with Crippen molar-refractivity contribution in [3.63, 3.8) is 0 Å². The molecule has 2 aromatic heterocycles. The van der Waals surface area contributed by atoms with Crippen molar-refractivity contribution in [2.45, 2.75) is 52.7 Å². The van der Waals surface area contributed by atoms with Gasteiger partial charge in [0.15, 0.2) is 0 Å². The number of rotatable bonds is 3. The number of aryl methyl sites for hydroxylation is 1. The zero-order valence-electron chi connectivity index (χ0n) is 13.5. The summed E-state index contributed by atoms with van der Waals surface area (Å²) in [6.07, 6.45) is 0. The molecule has 1 atom stereocenters. The SMILES string of the molecule is Cc1cc(=O)[nH]c(C(C)N2CCn3c(nnc3C(C)C)C2)n1. The van der Waals surface area contributed by atoms with Crippen LogP contribution in [-0.2, 0) is 13.1 Å². The summed E-state index contributed by atoms with van der Waals surface area (Å²) >= 11 is 0. The van der Waals surface area contributed by atoms with Gasteiger partial charge in [0.1, 0.15) is 17.5 Å². The van der Waals surface area contributed by atoms with E-state index in [0.29, 0.717) is 11.7 Å². The largest absolute Gasteiger partial charge is 0.312 e. The van der Waals surface area contributed by atoms with Crippen LogP contribution in [0.3, 0.4) is 0 Å². The first-order chi connectivity index (χ1) is 10.5. The smallest absolute Gasteiger partial charge is 0.251 e. The molecule has 22 heavy (non-hydrogen) atoms. The van der Waals surface area contributed by atoms with Crippen molar-refractivity contribution in [1.29, 1.82) is 0 Å². The van der Waals surface area contributed by atoms with Gasteiger partial charge in [-0.3, -0.25) is 9.69 Å². The van der Waals surface area contributed by atoms with Crippen LogP contribution >= 0.6 is 0 Å². The van der Waals surface area contributed by atoms with Gasteiger partial charge in [0.25, 0.3) is 5.56 Å². The Morgan fingerprint density at radius 2 is 2.00 bits per heavy atom. The van der Waals surface area contributed by atoms with Crippen LogP contribution in [0.2, 0.25) is 0 Å². The Morgan fingerprint density at radius 1 is 1.23 bits per heavy atom. The number of aromatic amines is 1. The molecule has 1 aliphatic rings. The standard InChI is InChI=1S/C15H22N6O/c1-9(2)15-19-18-12-8-20(5-6-21(12)15)11(4)14-16-10(3)7-13(22)17-14/h7,9,11H,5-6,8H2,1-4H3,(H,16,17,22). The molecule has 1 aliphatic heterocycles. The van der Waals surface area contributed by atoms with E-state index in [-0.39, 0.29) is 11.6 Å². The highest BCUT2D eigenvalue weighted by Crippen LogP contribution is 2.24. The first-order valence-electron chi connectivity index (χ1n) is 7.69. The minimum absolute atomic E-state index is 0.0422. The number of H-pyrrole nitrogens is 1. The van der Waals surface area contributed by atoms with Crippen molar-refractivity contribution in [2.24, 2.45) is 0 Å². The average Bonchev–Trinajstić information content (AvgIpc) is 2.88. The van der Waals surface area contributed by atoms with Gasteiger partial charge in [-0.05, 0) is 13.8 Å². The topological polar surface area (TPSA) is 79.7 Å². The lowest BCUT2D eigenvalue weighted by Crippen LogP contribution is -2.37. The lowest BCUT2D eigenvalue weighted by molar-refractivity contribution is 0.155. The van der Waals surface area contributed by atoms with E-state index in [1.165, 1.54) is 6.07 Å². The predicted molar refractivity (Wildman–Crippen MR) is 82.5 cm³/mol. The fraction of sp³-hybridized carbons (Fsp3) is 0.600. The molecule has 7 nitrogen and oxygen atoms in total. The Labute approximate surface area is 129 Å². The molecule has 7 heteroatoms. The molecule has 0 fully saturated rings. The van der Waals surface area contributed by atoms with Gasteiger partial charge in [-0.25, -0.2) is 4.98 Å². The molecule has 0 aromatic carbocycles. The van der Waals surface area contributed by atoms with Gasteiger partial charge >= 0.3 is 0 Å². The number of hydrogen-bond acceptors (Lipinski definition) is 5. The highest BCUT2D eigenvalue weighted by molar-refractivity contribution is 5.06. The minimum atomic E-state index is -0.100. The Morgan fingerprint density at radius 3 is 2.68 bits per heavy atom. The maximum Gasteiger partial charge on any atom is 0.251 e. The van der Waals surface area contributed by atoms with Crippen LogP contribution in [0, 0.1) is 6.92 Å². The van der Waals surface area contributed by atoms with Crippen molar-refractivity contribution in [2.75, 3.05) is 6.54 Å². The van der Waals surface area contributed by atoms with Crippen LogP contribution in [0.15, 0.2) is 10.9 Å². The molecule has 1 unspecified atom stereocenters. The van der Waals surface area contributed by atoms with E-state index in [9.17, 15) is 4.79 Å². The molecule has 0 radical (unpaired) electrons. The molecule has 1 N–H and O–H groups in total. The maximum absolute atomic E-state index is 11.6. The molecule has 0 saturated heterocycles. The second-order valence-corrected chi connectivity index (χ2v) is 6.20. The third kappa shape index (κ3) is 2.68.